The van der Waals surface area contributed by atoms with Gasteiger partial charge < -0.3 is 0 Å². The molecule has 0 spiro atoms. The lowest BCUT2D eigenvalue weighted by atomic mass is 9.59. The molecule has 1 atom stereocenters. The third-order valence-electron chi connectivity index (χ3n) is 5.67. The summed E-state index contributed by atoms with van der Waals surface area (Å²) in [6, 6.07) is 0. The molecule has 0 saturated heterocycles. The highest BCUT2D eigenvalue weighted by Crippen LogP contribution is 2.73. The molecule has 0 aliphatic heterocycles. The number of alkyl halides is 3. The predicted molar refractivity (Wildman–Crippen MR) is 55.8 cm³/mol. The zero-order chi connectivity index (χ0) is 12.5. The lowest BCUT2D eigenvalue weighted by molar-refractivity contribution is -0.181. The van der Waals surface area contributed by atoms with Gasteiger partial charge in [-0.05, 0) is 12.3 Å². The first kappa shape index (κ1) is 12.9. The number of hydrogen-bond acceptors (Lipinski definition) is 0. The minimum atomic E-state index is -3.31. The molecule has 0 nitrogen and oxygen atoms in total. The van der Waals surface area contributed by atoms with Gasteiger partial charge in [-0.25, -0.2) is 13.2 Å². The van der Waals surface area contributed by atoms with Crippen molar-refractivity contribution in [2.75, 3.05) is 0 Å². The van der Waals surface area contributed by atoms with E-state index in [-0.39, 0.29) is 0 Å². The van der Waals surface area contributed by atoms with Crippen LogP contribution in [0, 0.1) is 16.2 Å². The Balaban J connectivity index is 3.55. The van der Waals surface area contributed by atoms with Crippen molar-refractivity contribution in [2.45, 2.75) is 60.1 Å². The van der Waals surface area contributed by atoms with Crippen molar-refractivity contribution in [1.82, 2.24) is 0 Å². The van der Waals surface area contributed by atoms with E-state index in [1.807, 2.05) is 0 Å². The van der Waals surface area contributed by atoms with E-state index < -0.39 is 27.8 Å². The van der Waals surface area contributed by atoms with Crippen molar-refractivity contribution in [1.29, 1.82) is 0 Å². The Morgan fingerprint density at radius 2 is 0.867 bits per heavy atom. The highest BCUT2D eigenvalue weighted by molar-refractivity contribution is 5.22. The van der Waals surface area contributed by atoms with Crippen LogP contribution in [-0.2, 0) is 0 Å². The van der Waals surface area contributed by atoms with E-state index in [9.17, 15) is 13.2 Å². The molecule has 0 aromatic rings. The molecular formula is C12H21F3. The van der Waals surface area contributed by atoms with Crippen molar-refractivity contribution in [2.24, 2.45) is 16.2 Å². The number of halogens is 3. The van der Waals surface area contributed by atoms with Gasteiger partial charge in [0, 0.05) is 10.8 Å². The fourth-order valence-electron chi connectivity index (χ4n) is 2.74. The zero-order valence-electron chi connectivity index (χ0n) is 10.6. The second-order valence-corrected chi connectivity index (χ2v) is 6.45. The largest absolute Gasteiger partial charge is 0.287 e. The van der Waals surface area contributed by atoms with Crippen LogP contribution in [-0.4, -0.2) is 11.6 Å². The van der Waals surface area contributed by atoms with Crippen LogP contribution in [0.3, 0.4) is 0 Å². The van der Waals surface area contributed by atoms with Crippen LogP contribution in [0.1, 0.15) is 48.5 Å². The summed E-state index contributed by atoms with van der Waals surface area (Å²) in [5.41, 5.74) is -5.67. The van der Waals surface area contributed by atoms with E-state index in [0.717, 1.165) is 6.92 Å². The molecule has 0 bridgehead atoms. The second-order valence-electron chi connectivity index (χ2n) is 6.45. The van der Waals surface area contributed by atoms with Crippen LogP contribution < -0.4 is 0 Å². The maximum Gasteiger partial charge on any atom is 0.287 e. The zero-order valence-corrected chi connectivity index (χ0v) is 10.6. The number of rotatable bonds is 0. The molecule has 1 fully saturated rings. The van der Waals surface area contributed by atoms with Gasteiger partial charge in [-0.1, -0.05) is 41.5 Å². The molecular weight excluding hydrogens is 201 g/mol. The predicted octanol–water partition coefficient (Wildman–Crippen LogP) is 4.44. The van der Waals surface area contributed by atoms with Crippen molar-refractivity contribution in [3.8, 4) is 0 Å². The molecule has 1 rings (SSSR count). The van der Waals surface area contributed by atoms with Crippen LogP contribution in [0.25, 0.3) is 0 Å². The van der Waals surface area contributed by atoms with E-state index in [0.29, 0.717) is 0 Å². The first-order valence-electron chi connectivity index (χ1n) is 5.32. The van der Waals surface area contributed by atoms with Crippen LogP contribution in [0.5, 0.6) is 0 Å². The van der Waals surface area contributed by atoms with Crippen LogP contribution >= 0.6 is 0 Å². The molecule has 1 unspecified atom stereocenters. The Bertz CT molecular complexity index is 196. The quantitative estimate of drug-likeness (QED) is 0.568. The summed E-state index contributed by atoms with van der Waals surface area (Å²) in [6.45, 7) is 10.6. The lowest BCUT2D eigenvalue weighted by Gasteiger charge is -2.44. The summed E-state index contributed by atoms with van der Waals surface area (Å²) in [7, 11) is 0. The van der Waals surface area contributed by atoms with Crippen molar-refractivity contribution in [3.63, 3.8) is 0 Å². The third kappa shape index (κ3) is 0.955. The van der Waals surface area contributed by atoms with Gasteiger partial charge in [0.15, 0.2) is 5.67 Å². The average Bonchev–Trinajstić information content (AvgIpc) is 2.04. The molecule has 0 amide bonds. The van der Waals surface area contributed by atoms with E-state index in [2.05, 4.69) is 0 Å². The molecule has 3 heteroatoms. The Labute approximate surface area is 90.2 Å². The smallest absolute Gasteiger partial charge is 0.237 e. The number of hydrogen-bond donors (Lipinski definition) is 0. The van der Waals surface area contributed by atoms with Gasteiger partial charge in [-0.3, -0.25) is 0 Å². The summed E-state index contributed by atoms with van der Waals surface area (Å²) in [6.07, 6.45) is 0. The minimum absolute atomic E-state index is 0.771. The fraction of sp³-hybridized carbons (Fsp3) is 1.00. The lowest BCUT2D eigenvalue weighted by Crippen LogP contribution is -2.49. The van der Waals surface area contributed by atoms with E-state index in [1.54, 1.807) is 27.7 Å². The molecule has 0 N–H and O–H groups in total. The minimum Gasteiger partial charge on any atom is -0.237 e. The van der Waals surface area contributed by atoms with E-state index in [4.69, 9.17) is 0 Å². The van der Waals surface area contributed by atoms with Crippen molar-refractivity contribution in [3.05, 3.63) is 0 Å². The summed E-state index contributed by atoms with van der Waals surface area (Å²) < 4.78 is 42.6. The van der Waals surface area contributed by atoms with E-state index in [1.165, 1.54) is 13.8 Å². The first-order chi connectivity index (χ1) is 6.25. The molecule has 15 heavy (non-hydrogen) atoms. The molecule has 1 aliphatic rings. The van der Waals surface area contributed by atoms with Gasteiger partial charge >= 0.3 is 0 Å². The van der Waals surface area contributed by atoms with Crippen molar-refractivity contribution < 1.29 is 13.2 Å². The Hall–Kier alpha value is -0.210. The van der Waals surface area contributed by atoms with Gasteiger partial charge in [-0.2, -0.15) is 0 Å². The van der Waals surface area contributed by atoms with Gasteiger partial charge in [-0.15, -0.1) is 0 Å². The van der Waals surface area contributed by atoms with Crippen LogP contribution in [0.2, 0.25) is 0 Å². The average molecular weight is 222 g/mol. The van der Waals surface area contributed by atoms with Crippen molar-refractivity contribution >= 4 is 0 Å². The van der Waals surface area contributed by atoms with Gasteiger partial charge in [0.25, 0.3) is 5.92 Å². The summed E-state index contributed by atoms with van der Waals surface area (Å²) in [5.74, 6) is -3.31. The SMILES string of the molecule is CC1(C)C(C)(C)C(C)(F)C(F)(F)C1(C)C. The third-order valence-corrected chi connectivity index (χ3v) is 5.67. The molecule has 0 heterocycles. The molecule has 90 valence electrons. The Kier molecular flexibility index (Phi) is 2.18. The van der Waals surface area contributed by atoms with Crippen LogP contribution in [0.4, 0.5) is 13.2 Å². The molecule has 1 saturated carbocycles. The van der Waals surface area contributed by atoms with Gasteiger partial charge in [0.05, 0.1) is 0 Å². The van der Waals surface area contributed by atoms with Gasteiger partial charge in [0.2, 0.25) is 0 Å². The second kappa shape index (κ2) is 2.54. The normalized spacial score (nSPS) is 40.4. The van der Waals surface area contributed by atoms with Crippen LogP contribution in [0.15, 0.2) is 0 Å². The molecule has 0 aromatic heterocycles. The first-order valence-corrected chi connectivity index (χ1v) is 5.32. The summed E-state index contributed by atoms with van der Waals surface area (Å²) in [5, 5.41) is 0. The summed E-state index contributed by atoms with van der Waals surface area (Å²) in [4.78, 5) is 0. The fourth-order valence-corrected chi connectivity index (χ4v) is 2.74. The monoisotopic (exact) mass is 222 g/mol. The topological polar surface area (TPSA) is 0 Å². The summed E-state index contributed by atoms with van der Waals surface area (Å²) >= 11 is 0. The Morgan fingerprint density at radius 1 is 0.533 bits per heavy atom. The van der Waals surface area contributed by atoms with E-state index >= 15 is 0 Å². The molecule has 0 aromatic carbocycles. The highest BCUT2D eigenvalue weighted by atomic mass is 19.3. The maximum atomic E-state index is 14.4. The molecule has 0 radical (unpaired) electrons. The highest BCUT2D eigenvalue weighted by Gasteiger charge is 2.80. The Morgan fingerprint density at radius 3 is 0.933 bits per heavy atom. The maximum absolute atomic E-state index is 14.4. The molecule has 1 aliphatic carbocycles. The standard InChI is InChI=1S/C12H21F3/c1-8(2)9(3,4)11(7,13)12(14,15)10(8,5)6/h1-7H3. The van der Waals surface area contributed by atoms with Gasteiger partial charge in [0.1, 0.15) is 0 Å².